The van der Waals surface area contributed by atoms with Crippen LogP contribution in [0.2, 0.25) is 0 Å². The molecule has 0 saturated carbocycles. The number of methoxy groups -OCH3 is 1. The molecule has 0 heterocycles. The molecule has 6 heteroatoms. The third kappa shape index (κ3) is 4.62. The lowest BCUT2D eigenvalue weighted by Gasteiger charge is -2.08. The number of amides is 2. The fourth-order valence-electron chi connectivity index (χ4n) is 2.54. The first-order valence-electron chi connectivity index (χ1n) is 8.53. The van der Waals surface area contributed by atoms with E-state index in [4.69, 9.17) is 0 Å². The van der Waals surface area contributed by atoms with Crippen LogP contribution in [0.4, 0.5) is 11.4 Å². The summed E-state index contributed by atoms with van der Waals surface area (Å²) in [6, 6.07) is 21.9. The molecule has 0 atom stereocenters. The Balaban J connectivity index is 1.65. The second-order valence-corrected chi connectivity index (χ2v) is 5.92. The van der Waals surface area contributed by atoms with Crippen molar-refractivity contribution in [3.05, 3.63) is 95.6 Å². The highest BCUT2D eigenvalue weighted by molar-refractivity contribution is 6.06. The molecular weight excluding hydrogens is 356 g/mol. The van der Waals surface area contributed by atoms with E-state index in [0.29, 0.717) is 28.1 Å². The molecule has 2 N–H and O–H groups in total. The minimum Gasteiger partial charge on any atom is -0.465 e. The summed E-state index contributed by atoms with van der Waals surface area (Å²) in [5, 5.41) is 5.51. The van der Waals surface area contributed by atoms with Crippen molar-refractivity contribution in [2.45, 2.75) is 0 Å². The number of carbonyl (C=O) groups is 3. The molecular formula is C22H18N2O4. The van der Waals surface area contributed by atoms with E-state index in [2.05, 4.69) is 15.4 Å². The molecule has 0 radical (unpaired) electrons. The van der Waals surface area contributed by atoms with Crippen LogP contribution in [0.25, 0.3) is 0 Å². The molecule has 0 saturated heterocycles. The molecule has 3 aromatic carbocycles. The Morgan fingerprint density at radius 1 is 0.643 bits per heavy atom. The van der Waals surface area contributed by atoms with E-state index < -0.39 is 5.97 Å². The van der Waals surface area contributed by atoms with Crippen molar-refractivity contribution in [1.29, 1.82) is 0 Å². The van der Waals surface area contributed by atoms with E-state index in [0.717, 1.165) is 0 Å². The van der Waals surface area contributed by atoms with Crippen molar-refractivity contribution >= 4 is 29.2 Å². The van der Waals surface area contributed by atoms with Gasteiger partial charge in [-0.3, -0.25) is 9.59 Å². The fourth-order valence-corrected chi connectivity index (χ4v) is 2.54. The minimum atomic E-state index is -0.477. The molecule has 6 nitrogen and oxygen atoms in total. The van der Waals surface area contributed by atoms with Gasteiger partial charge in [-0.2, -0.15) is 0 Å². The Kier molecular flexibility index (Phi) is 5.81. The van der Waals surface area contributed by atoms with Gasteiger partial charge in [-0.05, 0) is 54.6 Å². The van der Waals surface area contributed by atoms with Gasteiger partial charge in [-0.15, -0.1) is 0 Å². The smallest absolute Gasteiger partial charge is 0.337 e. The Morgan fingerprint density at radius 3 is 1.86 bits per heavy atom. The molecule has 0 unspecified atom stereocenters. The van der Waals surface area contributed by atoms with Crippen LogP contribution in [0.3, 0.4) is 0 Å². The molecule has 2 amide bonds. The SMILES string of the molecule is COC(=O)c1cccc(NC(=O)c2ccc(NC(=O)c3ccccc3)cc2)c1. The average Bonchev–Trinajstić information content (AvgIpc) is 2.74. The van der Waals surface area contributed by atoms with E-state index in [1.165, 1.54) is 13.2 Å². The van der Waals surface area contributed by atoms with Gasteiger partial charge in [0.05, 0.1) is 12.7 Å². The van der Waals surface area contributed by atoms with Gasteiger partial charge in [-0.25, -0.2) is 4.79 Å². The number of rotatable bonds is 5. The van der Waals surface area contributed by atoms with E-state index >= 15 is 0 Å². The maximum atomic E-state index is 12.4. The van der Waals surface area contributed by atoms with Gasteiger partial charge < -0.3 is 15.4 Å². The van der Waals surface area contributed by atoms with Crippen LogP contribution in [0, 0.1) is 0 Å². The van der Waals surface area contributed by atoms with Crippen LogP contribution >= 0.6 is 0 Å². The van der Waals surface area contributed by atoms with Gasteiger partial charge in [0, 0.05) is 22.5 Å². The second-order valence-electron chi connectivity index (χ2n) is 5.92. The van der Waals surface area contributed by atoms with E-state index in [-0.39, 0.29) is 11.8 Å². The zero-order chi connectivity index (χ0) is 19.9. The number of esters is 1. The first kappa shape index (κ1) is 18.8. The molecule has 0 bridgehead atoms. The van der Waals surface area contributed by atoms with Crippen LogP contribution in [-0.2, 0) is 4.74 Å². The minimum absolute atomic E-state index is 0.225. The topological polar surface area (TPSA) is 84.5 Å². The van der Waals surface area contributed by atoms with Crippen molar-refractivity contribution in [2.75, 3.05) is 17.7 Å². The van der Waals surface area contributed by atoms with E-state index in [1.54, 1.807) is 66.7 Å². The van der Waals surface area contributed by atoms with Crippen molar-refractivity contribution < 1.29 is 19.1 Å². The summed E-state index contributed by atoms with van der Waals surface area (Å²) in [4.78, 5) is 36.1. The Morgan fingerprint density at radius 2 is 1.21 bits per heavy atom. The van der Waals surface area contributed by atoms with Crippen molar-refractivity contribution in [1.82, 2.24) is 0 Å². The van der Waals surface area contributed by atoms with Gasteiger partial charge in [0.2, 0.25) is 0 Å². The number of hydrogen-bond acceptors (Lipinski definition) is 4. The summed E-state index contributed by atoms with van der Waals surface area (Å²) >= 11 is 0. The first-order chi connectivity index (χ1) is 13.6. The first-order valence-corrected chi connectivity index (χ1v) is 8.53. The molecule has 0 aliphatic carbocycles. The zero-order valence-electron chi connectivity index (χ0n) is 15.1. The third-order valence-corrected chi connectivity index (χ3v) is 3.98. The van der Waals surface area contributed by atoms with Crippen molar-refractivity contribution in [2.24, 2.45) is 0 Å². The third-order valence-electron chi connectivity index (χ3n) is 3.98. The summed E-state index contributed by atoms with van der Waals surface area (Å²) in [7, 11) is 1.30. The van der Waals surface area contributed by atoms with Gasteiger partial charge >= 0.3 is 5.97 Å². The number of anilines is 2. The summed E-state index contributed by atoms with van der Waals surface area (Å²) in [5.74, 6) is -1.03. The lowest BCUT2D eigenvalue weighted by molar-refractivity contribution is 0.0600. The van der Waals surface area contributed by atoms with Crippen LogP contribution in [0.5, 0.6) is 0 Å². The average molecular weight is 374 g/mol. The van der Waals surface area contributed by atoms with Gasteiger partial charge in [0.15, 0.2) is 0 Å². The Bertz CT molecular complexity index is 999. The van der Waals surface area contributed by atoms with Crippen LogP contribution in [-0.4, -0.2) is 24.9 Å². The highest BCUT2D eigenvalue weighted by Gasteiger charge is 2.10. The highest BCUT2D eigenvalue weighted by Crippen LogP contribution is 2.15. The van der Waals surface area contributed by atoms with E-state index in [1.807, 2.05) is 6.07 Å². The zero-order valence-corrected chi connectivity index (χ0v) is 15.1. The molecule has 28 heavy (non-hydrogen) atoms. The van der Waals surface area contributed by atoms with Crippen LogP contribution in [0.15, 0.2) is 78.9 Å². The Labute approximate surface area is 162 Å². The molecule has 140 valence electrons. The largest absolute Gasteiger partial charge is 0.465 e. The predicted octanol–water partition coefficient (Wildman–Crippen LogP) is 3.98. The molecule has 3 aromatic rings. The number of benzene rings is 3. The maximum absolute atomic E-state index is 12.4. The number of ether oxygens (including phenoxy) is 1. The predicted molar refractivity (Wildman–Crippen MR) is 107 cm³/mol. The van der Waals surface area contributed by atoms with Crippen LogP contribution < -0.4 is 10.6 Å². The van der Waals surface area contributed by atoms with Gasteiger partial charge in [-0.1, -0.05) is 24.3 Å². The number of hydrogen-bond donors (Lipinski definition) is 2. The molecule has 0 spiro atoms. The number of nitrogens with one attached hydrogen (secondary N) is 2. The van der Waals surface area contributed by atoms with E-state index in [9.17, 15) is 14.4 Å². The summed E-state index contributed by atoms with van der Waals surface area (Å²) in [5.41, 5.74) is 2.38. The van der Waals surface area contributed by atoms with Crippen molar-refractivity contribution in [3.8, 4) is 0 Å². The fraction of sp³-hybridized carbons (Fsp3) is 0.0455. The van der Waals surface area contributed by atoms with Gasteiger partial charge in [0.25, 0.3) is 11.8 Å². The second kappa shape index (κ2) is 8.64. The summed E-state index contributed by atoms with van der Waals surface area (Å²) in [6.07, 6.45) is 0. The molecule has 0 aliphatic heterocycles. The quantitative estimate of drug-likeness (QED) is 0.662. The maximum Gasteiger partial charge on any atom is 0.337 e. The number of carbonyl (C=O) groups excluding carboxylic acids is 3. The monoisotopic (exact) mass is 374 g/mol. The lowest BCUT2D eigenvalue weighted by Crippen LogP contribution is -2.14. The molecule has 0 fully saturated rings. The standard InChI is InChI=1S/C22H18N2O4/c1-28-22(27)17-8-5-9-19(14-17)24-21(26)16-10-12-18(13-11-16)23-20(25)15-6-3-2-4-7-15/h2-14H,1H3,(H,23,25)(H,24,26). The van der Waals surface area contributed by atoms with Gasteiger partial charge in [0.1, 0.15) is 0 Å². The summed E-state index contributed by atoms with van der Waals surface area (Å²) in [6.45, 7) is 0. The Hall–Kier alpha value is -3.93. The van der Waals surface area contributed by atoms with Crippen LogP contribution in [0.1, 0.15) is 31.1 Å². The highest BCUT2D eigenvalue weighted by atomic mass is 16.5. The lowest BCUT2D eigenvalue weighted by atomic mass is 10.1. The summed E-state index contributed by atoms with van der Waals surface area (Å²) < 4.78 is 4.67. The molecule has 0 aromatic heterocycles. The molecule has 0 aliphatic rings. The molecule has 3 rings (SSSR count). The normalized spacial score (nSPS) is 10.0. The van der Waals surface area contributed by atoms with Crippen molar-refractivity contribution in [3.63, 3.8) is 0 Å².